The van der Waals surface area contributed by atoms with Gasteiger partial charge in [0.25, 0.3) is 0 Å². The van der Waals surface area contributed by atoms with Gasteiger partial charge in [-0.2, -0.15) is 0 Å². The van der Waals surface area contributed by atoms with Crippen LogP contribution in [0.3, 0.4) is 0 Å². The summed E-state index contributed by atoms with van der Waals surface area (Å²) in [6, 6.07) is 6.16. The maximum absolute atomic E-state index is 13.7. The Morgan fingerprint density at radius 2 is 1.75 bits per heavy atom. The molecular formula is C16H13F3N2O3. The Bertz CT molecular complexity index is 781. The van der Waals surface area contributed by atoms with E-state index in [1.54, 1.807) is 0 Å². The molecule has 0 atom stereocenters. The summed E-state index contributed by atoms with van der Waals surface area (Å²) in [5.41, 5.74) is -0.189. The standard InChI is InChI=1S/C16H13F3N2O3/c1-24-16(23)9-2-4-11(18)14(6-9)20-8-15(22)21-13-5-3-10(17)7-12(13)19/h2-7,20H,8H2,1H3,(H,21,22). The molecule has 0 aliphatic carbocycles. The van der Waals surface area contributed by atoms with E-state index in [2.05, 4.69) is 15.4 Å². The number of anilines is 2. The zero-order chi connectivity index (χ0) is 17.7. The number of carbonyl (C=O) groups is 2. The topological polar surface area (TPSA) is 67.4 Å². The highest BCUT2D eigenvalue weighted by molar-refractivity contribution is 5.94. The lowest BCUT2D eigenvalue weighted by Crippen LogP contribution is -2.23. The lowest BCUT2D eigenvalue weighted by molar-refractivity contribution is -0.114. The first-order valence-corrected chi connectivity index (χ1v) is 6.77. The van der Waals surface area contributed by atoms with Gasteiger partial charge in [-0.3, -0.25) is 4.79 Å². The molecule has 2 N–H and O–H groups in total. The van der Waals surface area contributed by atoms with Crippen LogP contribution in [0.4, 0.5) is 24.5 Å². The van der Waals surface area contributed by atoms with E-state index in [1.807, 2.05) is 0 Å². The average Bonchev–Trinajstić information content (AvgIpc) is 2.56. The molecule has 2 aromatic rings. The van der Waals surface area contributed by atoms with E-state index >= 15 is 0 Å². The zero-order valence-corrected chi connectivity index (χ0v) is 12.5. The number of hydrogen-bond donors (Lipinski definition) is 2. The van der Waals surface area contributed by atoms with Gasteiger partial charge >= 0.3 is 5.97 Å². The van der Waals surface area contributed by atoms with Crippen LogP contribution in [-0.4, -0.2) is 25.5 Å². The molecule has 2 rings (SSSR count). The molecule has 0 aliphatic rings. The Labute approximate surface area is 135 Å². The monoisotopic (exact) mass is 338 g/mol. The number of hydrogen-bond acceptors (Lipinski definition) is 4. The average molecular weight is 338 g/mol. The van der Waals surface area contributed by atoms with Crippen LogP contribution in [0.1, 0.15) is 10.4 Å². The number of benzene rings is 2. The molecule has 0 radical (unpaired) electrons. The van der Waals surface area contributed by atoms with E-state index in [9.17, 15) is 22.8 Å². The van der Waals surface area contributed by atoms with E-state index in [4.69, 9.17) is 0 Å². The van der Waals surface area contributed by atoms with Gasteiger partial charge in [0.05, 0.1) is 30.6 Å². The van der Waals surface area contributed by atoms with Crippen LogP contribution in [0.25, 0.3) is 0 Å². The third kappa shape index (κ3) is 4.25. The number of amides is 1. The number of nitrogens with one attached hydrogen (secondary N) is 2. The minimum atomic E-state index is -0.929. The van der Waals surface area contributed by atoms with Gasteiger partial charge in [0.1, 0.15) is 17.5 Å². The lowest BCUT2D eigenvalue weighted by Gasteiger charge is -2.10. The predicted molar refractivity (Wildman–Crippen MR) is 81.2 cm³/mol. The van der Waals surface area contributed by atoms with E-state index in [-0.39, 0.29) is 16.9 Å². The van der Waals surface area contributed by atoms with Crippen molar-refractivity contribution in [2.24, 2.45) is 0 Å². The summed E-state index contributed by atoms with van der Waals surface area (Å²) in [4.78, 5) is 23.2. The van der Waals surface area contributed by atoms with E-state index in [0.717, 1.165) is 18.2 Å². The second-order valence-electron chi connectivity index (χ2n) is 4.71. The summed E-state index contributed by atoms with van der Waals surface area (Å²) in [5, 5.41) is 4.71. The Kier molecular flexibility index (Phi) is 5.41. The molecule has 126 valence electrons. The molecule has 0 fully saturated rings. The first-order chi connectivity index (χ1) is 11.4. The summed E-state index contributed by atoms with van der Waals surface area (Å²) in [5.74, 6) is -3.71. The first kappa shape index (κ1) is 17.3. The zero-order valence-electron chi connectivity index (χ0n) is 12.5. The number of halogens is 3. The summed E-state index contributed by atoms with van der Waals surface area (Å²) in [7, 11) is 1.18. The number of esters is 1. The fourth-order valence-corrected chi connectivity index (χ4v) is 1.87. The Balaban J connectivity index is 2.02. The van der Waals surface area contributed by atoms with Crippen LogP contribution >= 0.6 is 0 Å². The molecule has 8 heteroatoms. The van der Waals surface area contributed by atoms with Gasteiger partial charge in [-0.05, 0) is 30.3 Å². The predicted octanol–water partition coefficient (Wildman–Crippen LogP) is 2.94. The van der Waals surface area contributed by atoms with Crippen LogP contribution in [0.15, 0.2) is 36.4 Å². The molecule has 0 spiro atoms. The van der Waals surface area contributed by atoms with Gasteiger partial charge in [0, 0.05) is 6.07 Å². The quantitative estimate of drug-likeness (QED) is 0.823. The van der Waals surface area contributed by atoms with E-state index in [0.29, 0.717) is 6.07 Å². The molecule has 2 aromatic carbocycles. The highest BCUT2D eigenvalue weighted by atomic mass is 19.1. The van der Waals surface area contributed by atoms with Gasteiger partial charge < -0.3 is 15.4 Å². The van der Waals surface area contributed by atoms with Crippen molar-refractivity contribution in [1.82, 2.24) is 0 Å². The Morgan fingerprint density at radius 3 is 2.42 bits per heavy atom. The number of ether oxygens (including phenoxy) is 1. The summed E-state index contributed by atoms with van der Waals surface area (Å²) in [6.07, 6.45) is 0. The molecular weight excluding hydrogens is 325 g/mol. The van der Waals surface area contributed by atoms with Crippen LogP contribution in [0, 0.1) is 17.5 Å². The fourth-order valence-electron chi connectivity index (χ4n) is 1.87. The van der Waals surface area contributed by atoms with Crippen LogP contribution in [0.5, 0.6) is 0 Å². The lowest BCUT2D eigenvalue weighted by atomic mass is 10.2. The van der Waals surface area contributed by atoms with Crippen molar-refractivity contribution in [3.8, 4) is 0 Å². The molecule has 0 heterocycles. The molecule has 0 aliphatic heterocycles. The molecule has 5 nitrogen and oxygen atoms in total. The molecule has 0 saturated heterocycles. The van der Waals surface area contributed by atoms with Crippen molar-refractivity contribution < 1.29 is 27.5 Å². The third-order valence-electron chi connectivity index (χ3n) is 3.03. The van der Waals surface area contributed by atoms with E-state index < -0.39 is 35.9 Å². The number of carbonyl (C=O) groups excluding carboxylic acids is 2. The molecule has 0 bridgehead atoms. The SMILES string of the molecule is COC(=O)c1ccc(F)c(NCC(=O)Nc2ccc(F)cc2F)c1. The number of rotatable bonds is 5. The van der Waals surface area contributed by atoms with Crippen molar-refractivity contribution in [3.05, 3.63) is 59.4 Å². The largest absolute Gasteiger partial charge is 0.465 e. The smallest absolute Gasteiger partial charge is 0.337 e. The molecule has 0 aromatic heterocycles. The second-order valence-corrected chi connectivity index (χ2v) is 4.71. The first-order valence-electron chi connectivity index (χ1n) is 6.77. The van der Waals surface area contributed by atoms with Crippen LogP contribution < -0.4 is 10.6 Å². The third-order valence-corrected chi connectivity index (χ3v) is 3.03. The van der Waals surface area contributed by atoms with Gasteiger partial charge in [-0.1, -0.05) is 0 Å². The highest BCUT2D eigenvalue weighted by Crippen LogP contribution is 2.17. The highest BCUT2D eigenvalue weighted by Gasteiger charge is 2.12. The minimum absolute atomic E-state index is 0.0902. The van der Waals surface area contributed by atoms with Crippen molar-refractivity contribution in [2.75, 3.05) is 24.3 Å². The van der Waals surface area contributed by atoms with Crippen LogP contribution in [0.2, 0.25) is 0 Å². The summed E-state index contributed by atoms with van der Waals surface area (Å²) in [6.45, 7) is -0.391. The van der Waals surface area contributed by atoms with Crippen molar-refractivity contribution in [3.63, 3.8) is 0 Å². The van der Waals surface area contributed by atoms with Gasteiger partial charge in [0.2, 0.25) is 5.91 Å². The molecule has 1 amide bonds. The molecule has 0 saturated carbocycles. The van der Waals surface area contributed by atoms with Crippen LogP contribution in [-0.2, 0) is 9.53 Å². The molecule has 0 unspecified atom stereocenters. The summed E-state index contributed by atoms with van der Waals surface area (Å²) >= 11 is 0. The Hall–Kier alpha value is -3.03. The minimum Gasteiger partial charge on any atom is -0.465 e. The second kappa shape index (κ2) is 7.49. The van der Waals surface area contributed by atoms with Gasteiger partial charge in [0.15, 0.2) is 0 Å². The number of methoxy groups -OCH3 is 1. The van der Waals surface area contributed by atoms with Crippen molar-refractivity contribution in [2.45, 2.75) is 0 Å². The normalized spacial score (nSPS) is 10.2. The maximum Gasteiger partial charge on any atom is 0.337 e. The maximum atomic E-state index is 13.7. The van der Waals surface area contributed by atoms with Crippen molar-refractivity contribution in [1.29, 1.82) is 0 Å². The van der Waals surface area contributed by atoms with E-state index in [1.165, 1.54) is 19.2 Å². The summed E-state index contributed by atoms with van der Waals surface area (Å²) < 4.78 is 44.4. The van der Waals surface area contributed by atoms with Gasteiger partial charge in [-0.25, -0.2) is 18.0 Å². The Morgan fingerprint density at radius 1 is 1.00 bits per heavy atom. The fraction of sp³-hybridized carbons (Fsp3) is 0.125. The van der Waals surface area contributed by atoms with Crippen molar-refractivity contribution >= 4 is 23.3 Å². The van der Waals surface area contributed by atoms with Gasteiger partial charge in [-0.15, -0.1) is 0 Å². The molecule has 24 heavy (non-hydrogen) atoms.